The molecule has 0 unspecified atom stereocenters. The van der Waals surface area contributed by atoms with Crippen molar-refractivity contribution >= 4 is 5.97 Å². The number of phenolic OH excluding ortho intramolecular Hbond substituents is 1. The maximum absolute atomic E-state index is 10.8. The molecule has 0 aliphatic carbocycles. The fourth-order valence-electron chi connectivity index (χ4n) is 1.34. The van der Waals surface area contributed by atoms with Gasteiger partial charge in [-0.2, -0.15) is 0 Å². The zero-order valence-corrected chi connectivity index (χ0v) is 8.83. The molecule has 4 heteroatoms. The summed E-state index contributed by atoms with van der Waals surface area (Å²) in [7, 11) is 0. The van der Waals surface area contributed by atoms with Crippen LogP contribution in [0.15, 0.2) is 48.5 Å². The van der Waals surface area contributed by atoms with E-state index in [2.05, 4.69) is 0 Å². The molecule has 0 aromatic heterocycles. The molecule has 0 saturated heterocycles. The highest BCUT2D eigenvalue weighted by atomic mass is 16.5. The normalized spacial score (nSPS) is 9.88. The van der Waals surface area contributed by atoms with Gasteiger partial charge in [0.25, 0.3) is 0 Å². The van der Waals surface area contributed by atoms with Crippen molar-refractivity contribution in [3.05, 3.63) is 54.1 Å². The highest BCUT2D eigenvalue weighted by Gasteiger charge is 2.04. The first-order valence-electron chi connectivity index (χ1n) is 4.95. The maximum atomic E-state index is 10.8. The second-order valence-electron chi connectivity index (χ2n) is 3.43. The van der Waals surface area contributed by atoms with Gasteiger partial charge in [-0.1, -0.05) is 6.07 Å². The summed E-state index contributed by atoms with van der Waals surface area (Å²) in [4.78, 5) is 10.8. The fourth-order valence-corrected chi connectivity index (χ4v) is 1.34. The van der Waals surface area contributed by atoms with Crippen molar-refractivity contribution in [2.45, 2.75) is 0 Å². The zero-order chi connectivity index (χ0) is 12.3. The molecule has 0 fully saturated rings. The van der Waals surface area contributed by atoms with Crippen molar-refractivity contribution in [1.29, 1.82) is 0 Å². The standard InChI is InChI=1S/C13H10O4/c14-10-4-6-11(7-5-10)17-12-3-1-2-9(8-12)13(15)16/h1-8,14H,(H,15,16). The van der Waals surface area contributed by atoms with E-state index in [1.807, 2.05) is 0 Å². The predicted molar refractivity (Wildman–Crippen MR) is 61.6 cm³/mol. The molecule has 2 aromatic carbocycles. The van der Waals surface area contributed by atoms with Crippen molar-refractivity contribution in [3.8, 4) is 17.2 Å². The molecule has 2 N–H and O–H groups in total. The minimum atomic E-state index is -0.999. The molecule has 0 bridgehead atoms. The molecule has 0 amide bonds. The average molecular weight is 230 g/mol. The van der Waals surface area contributed by atoms with Gasteiger partial charge in [-0.25, -0.2) is 4.79 Å². The van der Waals surface area contributed by atoms with Crippen molar-refractivity contribution in [2.75, 3.05) is 0 Å². The first-order valence-corrected chi connectivity index (χ1v) is 4.95. The van der Waals surface area contributed by atoms with Gasteiger partial charge in [0.2, 0.25) is 0 Å². The van der Waals surface area contributed by atoms with Crippen molar-refractivity contribution in [3.63, 3.8) is 0 Å². The summed E-state index contributed by atoms with van der Waals surface area (Å²) in [5.74, 6) is 0.124. The summed E-state index contributed by atoms with van der Waals surface area (Å²) in [6, 6.07) is 12.4. The Morgan fingerprint density at radius 1 is 1.00 bits per heavy atom. The number of hydrogen-bond acceptors (Lipinski definition) is 3. The summed E-state index contributed by atoms with van der Waals surface area (Å²) < 4.78 is 5.45. The summed E-state index contributed by atoms with van der Waals surface area (Å²) >= 11 is 0. The van der Waals surface area contributed by atoms with Crippen LogP contribution in [0, 0.1) is 0 Å². The Hall–Kier alpha value is -2.49. The van der Waals surface area contributed by atoms with E-state index in [1.54, 1.807) is 24.3 Å². The molecule has 2 rings (SSSR count). The van der Waals surface area contributed by atoms with Crippen molar-refractivity contribution < 1.29 is 19.7 Å². The molecule has 0 heterocycles. The molecule has 2 aromatic rings. The number of benzene rings is 2. The van der Waals surface area contributed by atoms with Gasteiger partial charge in [0.05, 0.1) is 5.56 Å². The fraction of sp³-hybridized carbons (Fsp3) is 0. The minimum Gasteiger partial charge on any atom is -0.508 e. The van der Waals surface area contributed by atoms with Crippen LogP contribution >= 0.6 is 0 Å². The number of rotatable bonds is 3. The van der Waals surface area contributed by atoms with Gasteiger partial charge in [0.1, 0.15) is 17.2 Å². The van der Waals surface area contributed by atoms with Crippen LogP contribution in [0.3, 0.4) is 0 Å². The molecule has 17 heavy (non-hydrogen) atoms. The Morgan fingerprint density at radius 3 is 2.35 bits per heavy atom. The van der Waals surface area contributed by atoms with E-state index in [0.717, 1.165) is 0 Å². The highest BCUT2D eigenvalue weighted by Crippen LogP contribution is 2.23. The molecular formula is C13H10O4. The third kappa shape index (κ3) is 2.75. The molecule has 0 radical (unpaired) electrons. The Bertz CT molecular complexity index is 531. The maximum Gasteiger partial charge on any atom is 0.335 e. The van der Waals surface area contributed by atoms with Crippen LogP contribution in [-0.2, 0) is 0 Å². The van der Waals surface area contributed by atoms with Gasteiger partial charge in [0, 0.05) is 0 Å². The third-order valence-electron chi connectivity index (χ3n) is 2.15. The lowest BCUT2D eigenvalue weighted by Crippen LogP contribution is -1.95. The quantitative estimate of drug-likeness (QED) is 0.850. The van der Waals surface area contributed by atoms with Gasteiger partial charge in [-0.15, -0.1) is 0 Å². The molecule has 0 aliphatic heterocycles. The number of carboxylic acids is 1. The Labute approximate surface area is 97.7 Å². The van der Waals surface area contributed by atoms with E-state index in [0.29, 0.717) is 11.5 Å². The molecule has 0 aliphatic rings. The van der Waals surface area contributed by atoms with Crippen LogP contribution in [0.5, 0.6) is 17.2 Å². The van der Waals surface area contributed by atoms with Crippen LogP contribution in [0.1, 0.15) is 10.4 Å². The van der Waals surface area contributed by atoms with Crippen LogP contribution < -0.4 is 4.74 Å². The SMILES string of the molecule is O=C(O)c1cccc(Oc2ccc(O)cc2)c1. The lowest BCUT2D eigenvalue weighted by atomic mass is 10.2. The lowest BCUT2D eigenvalue weighted by Gasteiger charge is -2.06. The highest BCUT2D eigenvalue weighted by molar-refractivity contribution is 5.88. The van der Waals surface area contributed by atoms with Crippen LogP contribution in [0.2, 0.25) is 0 Å². The molecule has 0 spiro atoms. The van der Waals surface area contributed by atoms with E-state index in [9.17, 15) is 4.79 Å². The molecule has 0 saturated carbocycles. The molecule has 4 nitrogen and oxygen atoms in total. The van der Waals surface area contributed by atoms with E-state index >= 15 is 0 Å². The number of aromatic hydroxyl groups is 1. The largest absolute Gasteiger partial charge is 0.508 e. The number of carbonyl (C=O) groups is 1. The summed E-state index contributed by atoms with van der Waals surface area (Å²) in [6.07, 6.45) is 0. The first-order chi connectivity index (χ1) is 8.15. The summed E-state index contributed by atoms with van der Waals surface area (Å²) in [5.41, 5.74) is 0.168. The van der Waals surface area contributed by atoms with Crippen molar-refractivity contribution in [1.82, 2.24) is 0 Å². The summed E-state index contributed by atoms with van der Waals surface area (Å²) in [6.45, 7) is 0. The number of aromatic carboxylic acids is 1. The number of ether oxygens (including phenoxy) is 1. The van der Waals surface area contributed by atoms with Crippen LogP contribution in [0.25, 0.3) is 0 Å². The molecule has 0 atom stereocenters. The second kappa shape index (κ2) is 4.57. The second-order valence-corrected chi connectivity index (χ2v) is 3.43. The zero-order valence-electron chi connectivity index (χ0n) is 8.83. The lowest BCUT2D eigenvalue weighted by molar-refractivity contribution is 0.0696. The Balaban J connectivity index is 2.21. The van der Waals surface area contributed by atoms with Gasteiger partial charge >= 0.3 is 5.97 Å². The third-order valence-corrected chi connectivity index (χ3v) is 2.15. The monoisotopic (exact) mass is 230 g/mol. The van der Waals surface area contributed by atoms with Gasteiger partial charge in [-0.3, -0.25) is 0 Å². The minimum absolute atomic E-state index is 0.150. The van der Waals surface area contributed by atoms with Crippen LogP contribution in [0.4, 0.5) is 0 Å². The Kier molecular flexibility index (Phi) is 2.96. The van der Waals surface area contributed by atoms with Crippen LogP contribution in [-0.4, -0.2) is 16.2 Å². The smallest absolute Gasteiger partial charge is 0.335 e. The molecular weight excluding hydrogens is 220 g/mol. The molecule has 86 valence electrons. The van der Waals surface area contributed by atoms with E-state index in [4.69, 9.17) is 14.9 Å². The first kappa shape index (κ1) is 11.0. The number of phenols is 1. The Morgan fingerprint density at radius 2 is 1.71 bits per heavy atom. The average Bonchev–Trinajstić information content (AvgIpc) is 2.32. The topological polar surface area (TPSA) is 66.8 Å². The predicted octanol–water partition coefficient (Wildman–Crippen LogP) is 2.88. The van der Waals surface area contributed by atoms with Gasteiger partial charge < -0.3 is 14.9 Å². The van der Waals surface area contributed by atoms with E-state index in [1.165, 1.54) is 24.3 Å². The van der Waals surface area contributed by atoms with Gasteiger partial charge in [-0.05, 0) is 42.5 Å². The van der Waals surface area contributed by atoms with Gasteiger partial charge in [0.15, 0.2) is 0 Å². The van der Waals surface area contributed by atoms with E-state index in [-0.39, 0.29) is 11.3 Å². The number of hydrogen-bond donors (Lipinski definition) is 2. The van der Waals surface area contributed by atoms with E-state index < -0.39 is 5.97 Å². The number of carboxylic acid groups (broad SMARTS) is 1. The summed E-state index contributed by atoms with van der Waals surface area (Å²) in [5, 5.41) is 17.9. The van der Waals surface area contributed by atoms with Crippen molar-refractivity contribution in [2.24, 2.45) is 0 Å².